The Morgan fingerprint density at radius 3 is 2.22 bits per heavy atom. The summed E-state index contributed by atoms with van der Waals surface area (Å²) in [6, 6.07) is 9.19. The van der Waals surface area contributed by atoms with Crippen molar-refractivity contribution in [3.05, 3.63) is 30.3 Å². The maximum absolute atomic E-state index is 12.4. The van der Waals surface area contributed by atoms with Crippen molar-refractivity contribution in [2.75, 3.05) is 4.90 Å². The van der Waals surface area contributed by atoms with Gasteiger partial charge in [-0.1, -0.05) is 37.5 Å². The molecule has 0 bridgehead atoms. The quantitative estimate of drug-likeness (QED) is 0.802. The van der Waals surface area contributed by atoms with Crippen molar-refractivity contribution in [1.29, 1.82) is 0 Å². The fourth-order valence-electron chi connectivity index (χ4n) is 2.57. The predicted molar refractivity (Wildman–Crippen MR) is 71.2 cm³/mol. The van der Waals surface area contributed by atoms with Crippen molar-refractivity contribution >= 4 is 17.5 Å². The first kappa shape index (κ1) is 12.8. The fraction of sp³-hybridized carbons (Fsp3) is 0.467. The smallest absolute Gasteiger partial charge is 0.236 e. The second-order valence-corrected chi connectivity index (χ2v) is 4.86. The summed E-state index contributed by atoms with van der Waals surface area (Å²) in [4.78, 5) is 25.5. The highest BCUT2D eigenvalue weighted by molar-refractivity contribution is 6.14. The number of imide groups is 1. The van der Waals surface area contributed by atoms with Crippen LogP contribution in [0.15, 0.2) is 30.3 Å². The van der Waals surface area contributed by atoms with E-state index in [1.165, 1.54) is 18.2 Å². The maximum atomic E-state index is 12.4. The van der Waals surface area contributed by atoms with Crippen LogP contribution in [0.5, 0.6) is 0 Å². The van der Waals surface area contributed by atoms with Gasteiger partial charge in [0.25, 0.3) is 0 Å². The molecule has 2 rings (SSSR count). The van der Waals surface area contributed by atoms with Crippen LogP contribution in [-0.2, 0) is 9.59 Å². The lowest BCUT2D eigenvalue weighted by Crippen LogP contribution is -2.40. The van der Waals surface area contributed by atoms with Gasteiger partial charge in [-0.15, -0.1) is 0 Å². The van der Waals surface area contributed by atoms with E-state index in [-0.39, 0.29) is 17.7 Å². The summed E-state index contributed by atoms with van der Waals surface area (Å²) in [6.45, 7) is 1.45. The first-order valence-corrected chi connectivity index (χ1v) is 6.59. The molecule has 96 valence electrons. The summed E-state index contributed by atoms with van der Waals surface area (Å²) in [6.07, 6.45) is 5.22. The van der Waals surface area contributed by atoms with E-state index < -0.39 is 0 Å². The third-order valence-electron chi connectivity index (χ3n) is 3.50. The van der Waals surface area contributed by atoms with Gasteiger partial charge in [0.2, 0.25) is 11.8 Å². The van der Waals surface area contributed by atoms with Gasteiger partial charge < -0.3 is 0 Å². The van der Waals surface area contributed by atoms with Crippen molar-refractivity contribution in [3.63, 3.8) is 0 Å². The molecule has 1 aromatic rings. The van der Waals surface area contributed by atoms with Gasteiger partial charge in [0.05, 0.1) is 5.69 Å². The van der Waals surface area contributed by atoms with E-state index in [2.05, 4.69) is 0 Å². The van der Waals surface area contributed by atoms with Gasteiger partial charge in [0.1, 0.15) is 0 Å². The highest BCUT2D eigenvalue weighted by Crippen LogP contribution is 2.27. The molecule has 0 heterocycles. The molecule has 3 heteroatoms. The number of rotatable bonds is 2. The van der Waals surface area contributed by atoms with Crippen LogP contribution in [0.25, 0.3) is 0 Å². The third kappa shape index (κ3) is 2.78. The lowest BCUT2D eigenvalue weighted by molar-refractivity contribution is -0.128. The van der Waals surface area contributed by atoms with Gasteiger partial charge >= 0.3 is 0 Å². The van der Waals surface area contributed by atoms with Crippen LogP contribution in [0.4, 0.5) is 5.69 Å². The van der Waals surface area contributed by atoms with Crippen molar-refractivity contribution in [2.45, 2.75) is 39.0 Å². The molecular weight excluding hydrogens is 226 g/mol. The van der Waals surface area contributed by atoms with E-state index in [9.17, 15) is 9.59 Å². The Kier molecular flexibility index (Phi) is 4.13. The number of carbonyl (C=O) groups is 2. The van der Waals surface area contributed by atoms with E-state index in [1.807, 2.05) is 30.3 Å². The average molecular weight is 245 g/mol. The summed E-state index contributed by atoms with van der Waals surface area (Å²) < 4.78 is 0. The molecule has 0 spiro atoms. The number of para-hydroxylation sites is 1. The molecule has 18 heavy (non-hydrogen) atoms. The average Bonchev–Trinajstić information content (AvgIpc) is 2.40. The molecule has 0 aliphatic heterocycles. The summed E-state index contributed by atoms with van der Waals surface area (Å²) in [5.74, 6) is -0.215. The Balaban J connectivity index is 2.20. The Hall–Kier alpha value is -1.64. The highest BCUT2D eigenvalue weighted by atomic mass is 16.2. The number of amides is 2. The van der Waals surface area contributed by atoms with Gasteiger partial charge in [-0.05, 0) is 25.0 Å². The minimum atomic E-state index is -0.197. The molecule has 0 saturated heterocycles. The number of nitrogens with zero attached hydrogens (tertiary/aromatic N) is 1. The molecule has 1 aliphatic carbocycles. The van der Waals surface area contributed by atoms with E-state index >= 15 is 0 Å². The summed E-state index contributed by atoms with van der Waals surface area (Å²) in [7, 11) is 0. The Labute approximate surface area is 108 Å². The molecule has 1 aromatic carbocycles. The lowest BCUT2D eigenvalue weighted by atomic mass is 9.88. The molecule has 0 unspecified atom stereocenters. The third-order valence-corrected chi connectivity index (χ3v) is 3.50. The number of hydrogen-bond acceptors (Lipinski definition) is 2. The zero-order valence-corrected chi connectivity index (χ0v) is 10.8. The molecule has 0 N–H and O–H groups in total. The minimum absolute atomic E-state index is 0.0165. The number of hydrogen-bond donors (Lipinski definition) is 0. The Bertz CT molecular complexity index is 421. The normalized spacial score (nSPS) is 16.3. The van der Waals surface area contributed by atoms with Crippen molar-refractivity contribution in [2.24, 2.45) is 5.92 Å². The first-order valence-electron chi connectivity index (χ1n) is 6.59. The van der Waals surface area contributed by atoms with Gasteiger partial charge in [-0.25, -0.2) is 0 Å². The molecule has 1 saturated carbocycles. The molecular formula is C15H19NO2. The molecule has 2 amide bonds. The van der Waals surface area contributed by atoms with Crippen LogP contribution in [0.3, 0.4) is 0 Å². The zero-order valence-electron chi connectivity index (χ0n) is 10.8. The van der Waals surface area contributed by atoms with Crippen molar-refractivity contribution < 1.29 is 9.59 Å². The van der Waals surface area contributed by atoms with Crippen molar-refractivity contribution in [3.8, 4) is 0 Å². The number of anilines is 1. The van der Waals surface area contributed by atoms with Crippen LogP contribution < -0.4 is 4.90 Å². The minimum Gasteiger partial charge on any atom is -0.274 e. The van der Waals surface area contributed by atoms with E-state index in [4.69, 9.17) is 0 Å². The van der Waals surface area contributed by atoms with Crippen LogP contribution in [0.2, 0.25) is 0 Å². The van der Waals surface area contributed by atoms with Crippen LogP contribution in [-0.4, -0.2) is 11.8 Å². The standard InChI is InChI=1S/C15H19NO2/c1-12(17)16(14-10-6-3-7-11-14)15(18)13-8-4-2-5-9-13/h3,6-7,10-11,13H,2,4-5,8-9H2,1H3. The molecule has 1 aliphatic rings. The maximum Gasteiger partial charge on any atom is 0.236 e. The highest BCUT2D eigenvalue weighted by Gasteiger charge is 2.29. The second kappa shape index (κ2) is 5.80. The van der Waals surface area contributed by atoms with Gasteiger partial charge in [-0.2, -0.15) is 0 Å². The van der Waals surface area contributed by atoms with Gasteiger partial charge in [0, 0.05) is 12.8 Å². The van der Waals surface area contributed by atoms with Gasteiger partial charge in [-0.3, -0.25) is 14.5 Å². The summed E-state index contributed by atoms with van der Waals surface area (Å²) in [5.41, 5.74) is 0.681. The largest absolute Gasteiger partial charge is 0.274 e. The van der Waals surface area contributed by atoms with Crippen LogP contribution in [0, 0.1) is 5.92 Å². The molecule has 3 nitrogen and oxygen atoms in total. The van der Waals surface area contributed by atoms with E-state index in [0.29, 0.717) is 5.69 Å². The van der Waals surface area contributed by atoms with E-state index in [0.717, 1.165) is 25.7 Å². The molecule has 0 radical (unpaired) electrons. The molecule has 0 aromatic heterocycles. The SMILES string of the molecule is CC(=O)N(C(=O)C1CCCCC1)c1ccccc1. The lowest BCUT2D eigenvalue weighted by Gasteiger charge is -2.27. The Morgan fingerprint density at radius 2 is 1.67 bits per heavy atom. The molecule has 0 atom stereocenters. The van der Waals surface area contributed by atoms with Crippen molar-refractivity contribution in [1.82, 2.24) is 0 Å². The summed E-state index contributed by atoms with van der Waals surface area (Å²) in [5, 5.41) is 0. The second-order valence-electron chi connectivity index (χ2n) is 4.86. The molecule has 1 fully saturated rings. The predicted octanol–water partition coefficient (Wildman–Crippen LogP) is 3.15. The van der Waals surface area contributed by atoms with Gasteiger partial charge in [0.15, 0.2) is 0 Å². The zero-order chi connectivity index (χ0) is 13.0. The monoisotopic (exact) mass is 245 g/mol. The summed E-state index contributed by atoms with van der Waals surface area (Å²) >= 11 is 0. The van der Waals surface area contributed by atoms with Crippen LogP contribution in [0.1, 0.15) is 39.0 Å². The first-order chi connectivity index (χ1) is 8.70. The van der Waals surface area contributed by atoms with Crippen LogP contribution >= 0.6 is 0 Å². The number of carbonyl (C=O) groups excluding carboxylic acids is 2. The topological polar surface area (TPSA) is 37.4 Å². The fourth-order valence-corrected chi connectivity index (χ4v) is 2.57. The van der Waals surface area contributed by atoms with E-state index in [1.54, 1.807) is 0 Å². The Morgan fingerprint density at radius 1 is 1.06 bits per heavy atom. The number of benzene rings is 1.